The first-order valence-corrected chi connectivity index (χ1v) is 4.72. The number of hydrogen-bond donors (Lipinski definition) is 2. The van der Waals surface area contributed by atoms with Gasteiger partial charge in [-0.3, -0.25) is 0 Å². The summed E-state index contributed by atoms with van der Waals surface area (Å²) in [5, 5.41) is 8.81. The fourth-order valence-corrected chi connectivity index (χ4v) is 1.47. The van der Waals surface area contributed by atoms with E-state index in [1.807, 2.05) is 4.98 Å². The van der Waals surface area contributed by atoms with E-state index in [0.29, 0.717) is 0 Å². The van der Waals surface area contributed by atoms with Crippen LogP contribution in [-0.2, 0) is 5.92 Å². The minimum absolute atomic E-state index is 0.0368. The first-order valence-electron chi connectivity index (χ1n) is 4.72. The number of nitrogens with one attached hydrogen (secondary N) is 1. The Balaban J connectivity index is 2.65. The quantitative estimate of drug-likeness (QED) is 0.835. The number of nitrogens with zero attached hydrogens (tertiary/aromatic N) is 1. The molecule has 0 unspecified atom stereocenters. The molecular weight excluding hydrogens is 256 g/mol. The highest BCUT2D eigenvalue weighted by atomic mass is 19.3. The van der Waals surface area contributed by atoms with E-state index in [-0.39, 0.29) is 16.6 Å². The third kappa shape index (κ3) is 1.79. The van der Waals surface area contributed by atoms with Gasteiger partial charge < -0.3 is 10.1 Å². The standard InChI is InChI=1S/C10H6F4N2O2/c11-8(12)10(13,14)9-15-5-3-1-2-4(7(17)18)6(5)16-9/h1-3,8H,(H,15,16)(H,17,18). The molecule has 0 atom stereocenters. The van der Waals surface area contributed by atoms with Crippen LogP contribution >= 0.6 is 0 Å². The summed E-state index contributed by atoms with van der Waals surface area (Å²) in [5.74, 6) is -7.07. The van der Waals surface area contributed by atoms with Crippen molar-refractivity contribution in [3.05, 3.63) is 29.6 Å². The average Bonchev–Trinajstić information content (AvgIpc) is 2.72. The van der Waals surface area contributed by atoms with Gasteiger partial charge in [0.25, 0.3) is 0 Å². The number of rotatable bonds is 3. The van der Waals surface area contributed by atoms with Gasteiger partial charge >= 0.3 is 18.3 Å². The van der Waals surface area contributed by atoms with Crippen LogP contribution in [0.4, 0.5) is 17.6 Å². The molecule has 18 heavy (non-hydrogen) atoms. The lowest BCUT2D eigenvalue weighted by Crippen LogP contribution is -2.25. The zero-order chi connectivity index (χ0) is 13.5. The van der Waals surface area contributed by atoms with Gasteiger partial charge in [0, 0.05) is 0 Å². The number of aromatic carboxylic acids is 1. The summed E-state index contributed by atoms with van der Waals surface area (Å²) >= 11 is 0. The molecule has 2 rings (SSSR count). The van der Waals surface area contributed by atoms with Crippen LogP contribution in [0, 0.1) is 0 Å². The Morgan fingerprint density at radius 2 is 2.06 bits per heavy atom. The number of fused-ring (bicyclic) bond motifs is 1. The van der Waals surface area contributed by atoms with Gasteiger partial charge in [-0.25, -0.2) is 18.6 Å². The van der Waals surface area contributed by atoms with E-state index in [4.69, 9.17) is 5.11 Å². The highest BCUT2D eigenvalue weighted by molar-refractivity contribution is 6.00. The number of aromatic nitrogens is 2. The molecule has 0 spiro atoms. The van der Waals surface area contributed by atoms with Crippen LogP contribution in [-0.4, -0.2) is 27.5 Å². The highest BCUT2D eigenvalue weighted by Crippen LogP contribution is 2.34. The first kappa shape index (κ1) is 12.3. The van der Waals surface area contributed by atoms with E-state index in [2.05, 4.69) is 4.98 Å². The Morgan fingerprint density at radius 1 is 1.39 bits per heavy atom. The van der Waals surface area contributed by atoms with E-state index in [1.54, 1.807) is 0 Å². The van der Waals surface area contributed by atoms with Crippen molar-refractivity contribution in [1.29, 1.82) is 0 Å². The number of imidazole rings is 1. The summed E-state index contributed by atoms with van der Waals surface area (Å²) in [6, 6.07) is 3.73. The van der Waals surface area contributed by atoms with Crippen molar-refractivity contribution in [2.45, 2.75) is 12.3 Å². The second-order valence-corrected chi connectivity index (χ2v) is 3.52. The summed E-state index contributed by atoms with van der Waals surface area (Å²) in [7, 11) is 0. The lowest BCUT2D eigenvalue weighted by molar-refractivity contribution is -0.140. The normalized spacial score (nSPS) is 12.3. The molecule has 2 N–H and O–H groups in total. The lowest BCUT2D eigenvalue weighted by atomic mass is 10.2. The number of H-pyrrole nitrogens is 1. The number of carbonyl (C=O) groups is 1. The van der Waals surface area contributed by atoms with Gasteiger partial charge in [-0.15, -0.1) is 0 Å². The van der Waals surface area contributed by atoms with Gasteiger partial charge in [-0.1, -0.05) is 6.07 Å². The van der Waals surface area contributed by atoms with Crippen LogP contribution in [0.5, 0.6) is 0 Å². The molecule has 0 fully saturated rings. The number of halogens is 4. The van der Waals surface area contributed by atoms with E-state index >= 15 is 0 Å². The number of alkyl halides is 4. The van der Waals surface area contributed by atoms with Crippen molar-refractivity contribution in [3.63, 3.8) is 0 Å². The number of para-hydroxylation sites is 1. The average molecular weight is 262 g/mol. The van der Waals surface area contributed by atoms with Crippen LogP contribution in [0.25, 0.3) is 11.0 Å². The van der Waals surface area contributed by atoms with Gasteiger partial charge in [0.05, 0.1) is 11.1 Å². The van der Waals surface area contributed by atoms with Crippen molar-refractivity contribution in [1.82, 2.24) is 9.97 Å². The second kappa shape index (κ2) is 3.97. The number of benzene rings is 1. The Hall–Kier alpha value is -2.12. The Labute approximate surface area is 97.3 Å². The molecule has 8 heteroatoms. The maximum atomic E-state index is 13.1. The van der Waals surface area contributed by atoms with Gasteiger partial charge in [0.15, 0.2) is 5.82 Å². The van der Waals surface area contributed by atoms with Crippen LogP contribution in [0.2, 0.25) is 0 Å². The fourth-order valence-electron chi connectivity index (χ4n) is 1.47. The minimum Gasteiger partial charge on any atom is -0.478 e. The van der Waals surface area contributed by atoms with Gasteiger partial charge in [-0.2, -0.15) is 8.78 Å². The molecule has 0 aliphatic rings. The fraction of sp³-hybridized carbons (Fsp3) is 0.200. The number of aromatic amines is 1. The largest absolute Gasteiger partial charge is 0.478 e. The zero-order valence-electron chi connectivity index (χ0n) is 8.62. The second-order valence-electron chi connectivity index (χ2n) is 3.52. The van der Waals surface area contributed by atoms with Crippen molar-refractivity contribution in [3.8, 4) is 0 Å². The third-order valence-corrected chi connectivity index (χ3v) is 2.33. The van der Waals surface area contributed by atoms with Crippen molar-refractivity contribution >= 4 is 17.0 Å². The van der Waals surface area contributed by atoms with Crippen molar-refractivity contribution in [2.24, 2.45) is 0 Å². The monoisotopic (exact) mass is 262 g/mol. The molecule has 96 valence electrons. The van der Waals surface area contributed by atoms with Crippen LogP contribution < -0.4 is 0 Å². The molecule has 4 nitrogen and oxygen atoms in total. The number of carboxylic acid groups (broad SMARTS) is 1. The molecule has 2 aromatic rings. The molecule has 1 heterocycles. The molecule has 0 aliphatic heterocycles. The molecular formula is C10H6F4N2O2. The summed E-state index contributed by atoms with van der Waals surface area (Å²) < 4.78 is 50.4. The Bertz CT molecular complexity index is 609. The molecule has 0 amide bonds. The SMILES string of the molecule is O=C(O)c1cccc2[nH]c(C(F)(F)C(F)F)nc12. The van der Waals surface area contributed by atoms with E-state index in [1.165, 1.54) is 12.1 Å². The van der Waals surface area contributed by atoms with Crippen molar-refractivity contribution in [2.75, 3.05) is 0 Å². The summed E-state index contributed by atoms with van der Waals surface area (Å²) in [6.45, 7) is 0. The van der Waals surface area contributed by atoms with E-state index in [0.717, 1.165) is 6.07 Å². The zero-order valence-corrected chi connectivity index (χ0v) is 8.62. The molecule has 0 radical (unpaired) electrons. The van der Waals surface area contributed by atoms with Gasteiger partial charge in [0.2, 0.25) is 0 Å². The van der Waals surface area contributed by atoms with E-state index < -0.39 is 24.1 Å². The smallest absolute Gasteiger partial charge is 0.363 e. The van der Waals surface area contributed by atoms with Gasteiger partial charge in [-0.05, 0) is 12.1 Å². The Morgan fingerprint density at radius 3 is 2.61 bits per heavy atom. The maximum absolute atomic E-state index is 13.1. The number of carboxylic acids is 1. The van der Waals surface area contributed by atoms with Crippen LogP contribution in [0.1, 0.15) is 16.2 Å². The molecule has 0 bridgehead atoms. The van der Waals surface area contributed by atoms with E-state index in [9.17, 15) is 22.4 Å². The first-order chi connectivity index (χ1) is 8.34. The summed E-state index contributed by atoms with van der Waals surface area (Å²) in [6.07, 6.45) is -3.92. The van der Waals surface area contributed by atoms with Crippen molar-refractivity contribution < 1.29 is 27.5 Å². The van der Waals surface area contributed by atoms with Gasteiger partial charge in [0.1, 0.15) is 5.52 Å². The molecule has 0 saturated carbocycles. The summed E-state index contributed by atoms with van der Waals surface area (Å²) in [5.41, 5.74) is -0.648. The minimum atomic E-state index is -4.45. The predicted molar refractivity (Wildman–Crippen MR) is 53.0 cm³/mol. The maximum Gasteiger partial charge on any atom is 0.363 e. The van der Waals surface area contributed by atoms with Crippen LogP contribution in [0.3, 0.4) is 0 Å². The molecule has 1 aromatic carbocycles. The predicted octanol–water partition coefficient (Wildman–Crippen LogP) is 2.62. The molecule has 1 aromatic heterocycles. The van der Waals surface area contributed by atoms with Crippen LogP contribution in [0.15, 0.2) is 18.2 Å². The third-order valence-electron chi connectivity index (χ3n) is 2.33. The molecule has 0 saturated heterocycles. The lowest BCUT2D eigenvalue weighted by Gasteiger charge is -2.11. The number of hydrogen-bond acceptors (Lipinski definition) is 2. The molecule has 0 aliphatic carbocycles. The summed E-state index contributed by atoms with van der Waals surface area (Å²) in [4.78, 5) is 16.1. The topological polar surface area (TPSA) is 66.0 Å². The Kier molecular flexibility index (Phi) is 2.72. The highest BCUT2D eigenvalue weighted by Gasteiger charge is 2.46.